The van der Waals surface area contributed by atoms with Gasteiger partial charge in [0.15, 0.2) is 0 Å². The van der Waals surface area contributed by atoms with Crippen LogP contribution < -0.4 is 5.73 Å². The lowest BCUT2D eigenvalue weighted by molar-refractivity contribution is 0.0962. The van der Waals surface area contributed by atoms with Crippen molar-refractivity contribution in [2.75, 3.05) is 20.1 Å². The predicted octanol–water partition coefficient (Wildman–Crippen LogP) is 1.28. The third-order valence-electron chi connectivity index (χ3n) is 4.64. The van der Waals surface area contributed by atoms with Gasteiger partial charge in [0.05, 0.1) is 0 Å². The van der Waals surface area contributed by atoms with E-state index in [0.29, 0.717) is 12.1 Å². The molecule has 1 saturated carbocycles. The van der Waals surface area contributed by atoms with Crippen molar-refractivity contribution < 1.29 is 0 Å². The largest absolute Gasteiger partial charge is 0.329 e. The van der Waals surface area contributed by atoms with Crippen LogP contribution in [-0.2, 0) is 0 Å². The molecule has 1 saturated heterocycles. The number of hydrogen-bond acceptors (Lipinski definition) is 3. The van der Waals surface area contributed by atoms with E-state index in [-0.39, 0.29) is 5.54 Å². The SMILES string of the molecule is CC1CC(CN)(N(C)C(C)C)CN1C1CC1. The van der Waals surface area contributed by atoms with Crippen LogP contribution in [0.4, 0.5) is 0 Å². The number of nitrogens with two attached hydrogens (primary N) is 1. The lowest BCUT2D eigenvalue weighted by Crippen LogP contribution is -2.56. The molecule has 0 amide bonds. The van der Waals surface area contributed by atoms with E-state index in [1.165, 1.54) is 25.8 Å². The minimum atomic E-state index is 0.218. The monoisotopic (exact) mass is 225 g/mol. The first-order chi connectivity index (χ1) is 7.50. The van der Waals surface area contributed by atoms with E-state index in [2.05, 4.69) is 37.6 Å². The van der Waals surface area contributed by atoms with Crippen LogP contribution in [0.1, 0.15) is 40.0 Å². The minimum Gasteiger partial charge on any atom is -0.329 e. The Balaban J connectivity index is 2.11. The second kappa shape index (κ2) is 4.28. The molecule has 0 radical (unpaired) electrons. The summed E-state index contributed by atoms with van der Waals surface area (Å²) in [5.41, 5.74) is 6.30. The van der Waals surface area contributed by atoms with Crippen LogP contribution in [0.25, 0.3) is 0 Å². The number of hydrogen-bond donors (Lipinski definition) is 1. The van der Waals surface area contributed by atoms with Crippen molar-refractivity contribution in [3.63, 3.8) is 0 Å². The lowest BCUT2D eigenvalue weighted by atomic mass is 9.93. The second-order valence-corrected chi connectivity index (χ2v) is 6.09. The van der Waals surface area contributed by atoms with E-state index in [4.69, 9.17) is 5.73 Å². The highest BCUT2D eigenvalue weighted by Crippen LogP contribution is 2.39. The van der Waals surface area contributed by atoms with Gasteiger partial charge in [-0.25, -0.2) is 0 Å². The molecule has 1 aliphatic carbocycles. The molecule has 0 spiro atoms. The maximum absolute atomic E-state index is 6.08. The van der Waals surface area contributed by atoms with Gasteiger partial charge in [-0.05, 0) is 47.1 Å². The molecule has 16 heavy (non-hydrogen) atoms. The maximum Gasteiger partial charge on any atom is 0.0473 e. The Kier molecular flexibility index (Phi) is 3.30. The van der Waals surface area contributed by atoms with E-state index >= 15 is 0 Å². The first-order valence-electron chi connectivity index (χ1n) is 6.69. The Hall–Kier alpha value is -0.120. The number of nitrogens with zero attached hydrogens (tertiary/aromatic N) is 2. The molecule has 0 bridgehead atoms. The highest BCUT2D eigenvalue weighted by Gasteiger charge is 2.48. The summed E-state index contributed by atoms with van der Waals surface area (Å²) < 4.78 is 0. The van der Waals surface area contributed by atoms with Crippen molar-refractivity contribution in [3.05, 3.63) is 0 Å². The molecular weight excluding hydrogens is 198 g/mol. The molecule has 94 valence electrons. The second-order valence-electron chi connectivity index (χ2n) is 6.09. The fourth-order valence-electron chi connectivity index (χ4n) is 3.22. The molecule has 0 aromatic heterocycles. The third-order valence-corrected chi connectivity index (χ3v) is 4.64. The van der Waals surface area contributed by atoms with Crippen LogP contribution in [-0.4, -0.2) is 53.6 Å². The van der Waals surface area contributed by atoms with Crippen LogP contribution >= 0.6 is 0 Å². The molecule has 0 aromatic rings. The van der Waals surface area contributed by atoms with Gasteiger partial charge in [-0.15, -0.1) is 0 Å². The smallest absolute Gasteiger partial charge is 0.0473 e. The standard InChI is InChI=1S/C13H27N3/c1-10(2)15(4)13(8-14)7-11(3)16(9-13)12-5-6-12/h10-12H,5-9,14H2,1-4H3. The zero-order valence-corrected chi connectivity index (χ0v) is 11.2. The average Bonchev–Trinajstić information content (AvgIpc) is 3.02. The summed E-state index contributed by atoms with van der Waals surface area (Å²) in [5.74, 6) is 0. The normalized spacial score (nSPS) is 36.6. The fraction of sp³-hybridized carbons (Fsp3) is 1.00. The molecule has 2 N–H and O–H groups in total. The minimum absolute atomic E-state index is 0.218. The molecule has 2 atom stereocenters. The van der Waals surface area contributed by atoms with Gasteiger partial charge in [0, 0.05) is 36.8 Å². The zero-order valence-electron chi connectivity index (χ0n) is 11.2. The molecular formula is C13H27N3. The van der Waals surface area contributed by atoms with E-state index in [9.17, 15) is 0 Å². The quantitative estimate of drug-likeness (QED) is 0.782. The molecule has 2 unspecified atom stereocenters. The molecule has 3 heteroatoms. The van der Waals surface area contributed by atoms with Crippen LogP contribution in [0, 0.1) is 0 Å². The first-order valence-corrected chi connectivity index (χ1v) is 6.69. The van der Waals surface area contributed by atoms with Crippen molar-refractivity contribution in [2.24, 2.45) is 5.73 Å². The molecule has 2 rings (SSSR count). The van der Waals surface area contributed by atoms with Crippen molar-refractivity contribution in [2.45, 2.75) is 63.7 Å². The summed E-state index contributed by atoms with van der Waals surface area (Å²) in [5, 5.41) is 0. The van der Waals surface area contributed by atoms with Gasteiger partial charge in [0.25, 0.3) is 0 Å². The van der Waals surface area contributed by atoms with Crippen molar-refractivity contribution >= 4 is 0 Å². The Morgan fingerprint density at radius 2 is 2.06 bits per heavy atom. The topological polar surface area (TPSA) is 32.5 Å². The summed E-state index contributed by atoms with van der Waals surface area (Å²) in [4.78, 5) is 5.18. The average molecular weight is 225 g/mol. The van der Waals surface area contributed by atoms with E-state index < -0.39 is 0 Å². The molecule has 0 aromatic carbocycles. The maximum atomic E-state index is 6.08. The summed E-state index contributed by atoms with van der Waals surface area (Å²) in [6, 6.07) is 2.15. The van der Waals surface area contributed by atoms with E-state index in [1.54, 1.807) is 0 Å². The first kappa shape index (κ1) is 12.3. The van der Waals surface area contributed by atoms with Gasteiger partial charge < -0.3 is 5.73 Å². The van der Waals surface area contributed by atoms with E-state index in [1.807, 2.05) is 0 Å². The Morgan fingerprint density at radius 1 is 1.44 bits per heavy atom. The van der Waals surface area contributed by atoms with Gasteiger partial charge in [-0.3, -0.25) is 9.80 Å². The number of rotatable bonds is 4. The number of likely N-dealkylation sites (tertiary alicyclic amines) is 1. The molecule has 1 heterocycles. The fourth-order valence-corrected chi connectivity index (χ4v) is 3.22. The zero-order chi connectivity index (χ0) is 11.9. The Labute approximate surface area is 100.0 Å². The molecule has 2 fully saturated rings. The van der Waals surface area contributed by atoms with Crippen molar-refractivity contribution in [1.29, 1.82) is 0 Å². The van der Waals surface area contributed by atoms with E-state index in [0.717, 1.165) is 12.6 Å². The van der Waals surface area contributed by atoms with Crippen molar-refractivity contribution in [3.8, 4) is 0 Å². The van der Waals surface area contributed by atoms with Gasteiger partial charge in [0.1, 0.15) is 0 Å². The molecule has 2 aliphatic rings. The summed E-state index contributed by atoms with van der Waals surface area (Å²) >= 11 is 0. The van der Waals surface area contributed by atoms with Gasteiger partial charge in [-0.1, -0.05) is 0 Å². The summed E-state index contributed by atoms with van der Waals surface area (Å²) in [6.45, 7) is 8.85. The summed E-state index contributed by atoms with van der Waals surface area (Å²) in [6.07, 6.45) is 4.03. The lowest BCUT2D eigenvalue weighted by Gasteiger charge is -2.40. The van der Waals surface area contributed by atoms with Gasteiger partial charge >= 0.3 is 0 Å². The van der Waals surface area contributed by atoms with Crippen molar-refractivity contribution in [1.82, 2.24) is 9.80 Å². The van der Waals surface area contributed by atoms with Gasteiger partial charge in [-0.2, -0.15) is 0 Å². The van der Waals surface area contributed by atoms with Crippen LogP contribution in [0.3, 0.4) is 0 Å². The van der Waals surface area contributed by atoms with Crippen LogP contribution in [0.5, 0.6) is 0 Å². The predicted molar refractivity (Wildman–Crippen MR) is 68.5 cm³/mol. The number of likely N-dealkylation sites (N-methyl/N-ethyl adjacent to an activating group) is 1. The van der Waals surface area contributed by atoms with Crippen LogP contribution in [0.2, 0.25) is 0 Å². The molecule has 1 aliphatic heterocycles. The highest BCUT2D eigenvalue weighted by atomic mass is 15.3. The highest BCUT2D eigenvalue weighted by molar-refractivity contribution is 5.06. The Morgan fingerprint density at radius 3 is 2.50 bits per heavy atom. The third kappa shape index (κ3) is 2.01. The Bertz CT molecular complexity index is 250. The van der Waals surface area contributed by atoms with Gasteiger partial charge in [0.2, 0.25) is 0 Å². The molecule has 3 nitrogen and oxygen atoms in total. The summed E-state index contributed by atoms with van der Waals surface area (Å²) in [7, 11) is 2.24. The van der Waals surface area contributed by atoms with Crippen LogP contribution in [0.15, 0.2) is 0 Å².